The third kappa shape index (κ3) is 4.68. The zero-order valence-corrected chi connectivity index (χ0v) is 16.6. The number of benzene rings is 2. The summed E-state index contributed by atoms with van der Waals surface area (Å²) in [7, 11) is -3.52. The minimum atomic E-state index is -3.52. The fourth-order valence-corrected chi connectivity index (χ4v) is 4.50. The first kappa shape index (κ1) is 19.8. The molecular formula is C19H22ClN3O3S. The molecule has 0 saturated carbocycles. The van der Waals surface area contributed by atoms with E-state index in [1.54, 1.807) is 36.4 Å². The van der Waals surface area contributed by atoms with E-state index in [0.717, 1.165) is 19.6 Å². The van der Waals surface area contributed by atoms with Gasteiger partial charge in [-0.05, 0) is 55.1 Å². The predicted octanol–water partition coefficient (Wildman–Crippen LogP) is 2.92. The minimum Gasteiger partial charge on any atom is -0.322 e. The zero-order chi connectivity index (χ0) is 19.4. The van der Waals surface area contributed by atoms with Crippen LogP contribution in [0.5, 0.6) is 0 Å². The minimum absolute atomic E-state index is 0.233. The first-order chi connectivity index (χ1) is 12.9. The summed E-state index contributed by atoms with van der Waals surface area (Å²) < 4.78 is 27.1. The number of sulfonamides is 1. The zero-order valence-electron chi connectivity index (χ0n) is 15.1. The third-order valence-corrected chi connectivity index (χ3v) is 6.80. The van der Waals surface area contributed by atoms with E-state index in [2.05, 4.69) is 17.1 Å². The Bertz CT molecular complexity index is 891. The molecule has 0 aromatic heterocycles. The van der Waals surface area contributed by atoms with Gasteiger partial charge in [0, 0.05) is 42.5 Å². The number of anilines is 1. The summed E-state index contributed by atoms with van der Waals surface area (Å²) in [5, 5.41) is 3.31. The van der Waals surface area contributed by atoms with Gasteiger partial charge < -0.3 is 10.2 Å². The second-order valence-electron chi connectivity index (χ2n) is 6.32. The van der Waals surface area contributed by atoms with Crippen LogP contribution in [0.1, 0.15) is 17.3 Å². The number of carbonyl (C=O) groups is 1. The molecule has 0 atom stereocenters. The number of nitrogens with zero attached hydrogens (tertiary/aromatic N) is 2. The first-order valence-corrected chi connectivity index (χ1v) is 10.6. The Morgan fingerprint density at radius 1 is 1.00 bits per heavy atom. The van der Waals surface area contributed by atoms with Gasteiger partial charge in [0.25, 0.3) is 5.91 Å². The second kappa shape index (κ2) is 8.39. The summed E-state index contributed by atoms with van der Waals surface area (Å²) in [6.45, 7) is 5.46. The van der Waals surface area contributed by atoms with Crippen molar-refractivity contribution in [2.24, 2.45) is 0 Å². The normalized spacial score (nSPS) is 16.2. The molecule has 1 amide bonds. The summed E-state index contributed by atoms with van der Waals surface area (Å²) in [6, 6.07) is 12.8. The monoisotopic (exact) mass is 407 g/mol. The van der Waals surface area contributed by atoms with Crippen molar-refractivity contribution in [3.05, 3.63) is 59.1 Å². The van der Waals surface area contributed by atoms with Crippen molar-refractivity contribution in [1.82, 2.24) is 9.21 Å². The van der Waals surface area contributed by atoms with Gasteiger partial charge >= 0.3 is 0 Å². The van der Waals surface area contributed by atoms with Crippen LogP contribution < -0.4 is 5.32 Å². The summed E-state index contributed by atoms with van der Waals surface area (Å²) >= 11 is 5.82. The molecule has 0 radical (unpaired) electrons. The Morgan fingerprint density at radius 2 is 1.59 bits per heavy atom. The summed E-state index contributed by atoms with van der Waals surface area (Å²) in [6.07, 6.45) is 0. The topological polar surface area (TPSA) is 69.7 Å². The lowest BCUT2D eigenvalue weighted by atomic mass is 10.2. The number of carbonyl (C=O) groups excluding carboxylic acids is 1. The molecule has 3 rings (SSSR count). The van der Waals surface area contributed by atoms with E-state index >= 15 is 0 Å². The Kier molecular flexibility index (Phi) is 6.16. The quantitative estimate of drug-likeness (QED) is 0.827. The Balaban J connectivity index is 1.67. The number of likely N-dealkylation sites (N-methyl/N-ethyl adjacent to an activating group) is 1. The van der Waals surface area contributed by atoms with Gasteiger partial charge in [0.05, 0.1) is 4.90 Å². The largest absolute Gasteiger partial charge is 0.322 e. The van der Waals surface area contributed by atoms with Gasteiger partial charge in [-0.3, -0.25) is 4.79 Å². The van der Waals surface area contributed by atoms with Gasteiger partial charge in [-0.2, -0.15) is 4.31 Å². The van der Waals surface area contributed by atoms with Gasteiger partial charge in [0.15, 0.2) is 0 Å². The van der Waals surface area contributed by atoms with Crippen LogP contribution in [0.3, 0.4) is 0 Å². The summed E-state index contributed by atoms with van der Waals surface area (Å²) in [5.74, 6) is -0.280. The average molecular weight is 408 g/mol. The standard InChI is InChI=1S/C19H22ClN3O3S/c1-2-22-11-13-23(14-12-22)27(25,26)18-9-7-17(8-10-18)21-19(24)15-3-5-16(20)6-4-15/h3-10H,2,11-14H2,1H3,(H,21,24). The lowest BCUT2D eigenvalue weighted by Crippen LogP contribution is -2.48. The van der Waals surface area contributed by atoms with E-state index in [1.807, 2.05) is 0 Å². The fourth-order valence-electron chi connectivity index (χ4n) is 2.95. The number of halogens is 1. The molecule has 6 nitrogen and oxygen atoms in total. The van der Waals surface area contributed by atoms with Gasteiger partial charge in [0.1, 0.15) is 0 Å². The van der Waals surface area contributed by atoms with Crippen molar-refractivity contribution >= 4 is 33.2 Å². The van der Waals surface area contributed by atoms with Crippen LogP contribution in [0.2, 0.25) is 5.02 Å². The smallest absolute Gasteiger partial charge is 0.255 e. The van der Waals surface area contributed by atoms with E-state index in [-0.39, 0.29) is 10.8 Å². The van der Waals surface area contributed by atoms with Crippen molar-refractivity contribution in [3.8, 4) is 0 Å². The molecule has 0 unspecified atom stereocenters. The highest BCUT2D eigenvalue weighted by Gasteiger charge is 2.27. The number of hydrogen-bond acceptors (Lipinski definition) is 4. The molecule has 1 N–H and O–H groups in total. The van der Waals surface area contributed by atoms with Gasteiger partial charge in [0.2, 0.25) is 10.0 Å². The van der Waals surface area contributed by atoms with E-state index in [1.165, 1.54) is 16.4 Å². The number of nitrogens with one attached hydrogen (secondary N) is 1. The highest BCUT2D eigenvalue weighted by Crippen LogP contribution is 2.20. The van der Waals surface area contributed by atoms with E-state index < -0.39 is 10.0 Å². The van der Waals surface area contributed by atoms with Crippen molar-refractivity contribution in [3.63, 3.8) is 0 Å². The molecule has 0 aliphatic carbocycles. The van der Waals surface area contributed by atoms with Crippen molar-refractivity contribution in [2.75, 3.05) is 38.0 Å². The van der Waals surface area contributed by atoms with Crippen molar-refractivity contribution in [2.45, 2.75) is 11.8 Å². The molecule has 0 bridgehead atoms. The van der Waals surface area contributed by atoms with Crippen LogP contribution in [0.4, 0.5) is 5.69 Å². The van der Waals surface area contributed by atoms with Crippen LogP contribution in [0, 0.1) is 0 Å². The highest BCUT2D eigenvalue weighted by atomic mass is 35.5. The Labute approximate surface area is 164 Å². The maximum Gasteiger partial charge on any atom is 0.255 e. The van der Waals surface area contributed by atoms with E-state index in [4.69, 9.17) is 11.6 Å². The molecule has 27 heavy (non-hydrogen) atoms. The number of piperazine rings is 1. The lowest BCUT2D eigenvalue weighted by Gasteiger charge is -2.33. The highest BCUT2D eigenvalue weighted by molar-refractivity contribution is 7.89. The van der Waals surface area contributed by atoms with Crippen molar-refractivity contribution < 1.29 is 13.2 Å². The molecule has 1 fully saturated rings. The van der Waals surface area contributed by atoms with Crippen LogP contribution in [-0.2, 0) is 10.0 Å². The average Bonchev–Trinajstić information content (AvgIpc) is 2.69. The van der Waals surface area contributed by atoms with Crippen LogP contribution in [0.15, 0.2) is 53.4 Å². The molecule has 2 aromatic rings. The number of amides is 1. The van der Waals surface area contributed by atoms with Crippen LogP contribution in [0.25, 0.3) is 0 Å². The SMILES string of the molecule is CCN1CCN(S(=O)(=O)c2ccc(NC(=O)c3ccc(Cl)cc3)cc2)CC1. The molecule has 8 heteroatoms. The molecule has 0 spiro atoms. The molecule has 1 heterocycles. The van der Waals surface area contributed by atoms with E-state index in [9.17, 15) is 13.2 Å². The molecule has 1 aliphatic rings. The van der Waals surface area contributed by atoms with Crippen molar-refractivity contribution in [1.29, 1.82) is 0 Å². The second-order valence-corrected chi connectivity index (χ2v) is 8.70. The lowest BCUT2D eigenvalue weighted by molar-refractivity contribution is 0.102. The Hall–Kier alpha value is -1.93. The Morgan fingerprint density at radius 3 is 2.15 bits per heavy atom. The summed E-state index contributed by atoms with van der Waals surface area (Å²) in [4.78, 5) is 14.7. The van der Waals surface area contributed by atoms with Crippen LogP contribution >= 0.6 is 11.6 Å². The molecule has 1 aliphatic heterocycles. The van der Waals surface area contributed by atoms with Gasteiger partial charge in [-0.25, -0.2) is 8.42 Å². The van der Waals surface area contributed by atoms with E-state index in [0.29, 0.717) is 29.4 Å². The van der Waals surface area contributed by atoms with Gasteiger partial charge in [-0.15, -0.1) is 0 Å². The summed E-state index contributed by atoms with van der Waals surface area (Å²) in [5.41, 5.74) is 1.01. The first-order valence-electron chi connectivity index (χ1n) is 8.79. The molecule has 2 aromatic carbocycles. The number of hydrogen-bond donors (Lipinski definition) is 1. The predicted molar refractivity (Wildman–Crippen MR) is 107 cm³/mol. The maximum absolute atomic E-state index is 12.8. The molecular weight excluding hydrogens is 386 g/mol. The maximum atomic E-state index is 12.8. The van der Waals surface area contributed by atoms with Gasteiger partial charge in [-0.1, -0.05) is 18.5 Å². The number of rotatable bonds is 5. The third-order valence-electron chi connectivity index (χ3n) is 4.63. The molecule has 144 valence electrons. The van der Waals surface area contributed by atoms with Crippen LogP contribution in [-0.4, -0.2) is 56.3 Å². The fraction of sp³-hybridized carbons (Fsp3) is 0.316. The molecule has 1 saturated heterocycles.